The molecule has 0 saturated carbocycles. The Morgan fingerprint density at radius 1 is 1.16 bits per heavy atom. The van der Waals surface area contributed by atoms with Crippen molar-refractivity contribution in [3.05, 3.63) is 35.9 Å². The molecule has 0 amide bonds. The Morgan fingerprint density at radius 2 is 1.95 bits per heavy atom. The van der Waals surface area contributed by atoms with E-state index >= 15 is 0 Å². The average molecular weight is 264 g/mol. The van der Waals surface area contributed by atoms with Gasteiger partial charge in [0.1, 0.15) is 12.2 Å². The van der Waals surface area contributed by atoms with E-state index in [1.165, 1.54) is 5.56 Å². The Kier molecular flexibility index (Phi) is 3.84. The van der Waals surface area contributed by atoms with E-state index in [4.69, 9.17) is 18.9 Å². The molecule has 2 aliphatic heterocycles. The summed E-state index contributed by atoms with van der Waals surface area (Å²) in [6.07, 6.45) is 0.650. The van der Waals surface area contributed by atoms with Crippen molar-refractivity contribution in [3.63, 3.8) is 0 Å². The van der Waals surface area contributed by atoms with Crippen molar-refractivity contribution in [1.82, 2.24) is 0 Å². The first-order chi connectivity index (χ1) is 9.28. The molecule has 0 N–H and O–H groups in total. The zero-order valence-electron chi connectivity index (χ0n) is 11.3. The second-order valence-corrected chi connectivity index (χ2v) is 5.16. The molecule has 0 aromatic heterocycles. The van der Waals surface area contributed by atoms with Crippen LogP contribution in [0.4, 0.5) is 0 Å². The van der Waals surface area contributed by atoms with Gasteiger partial charge in [0.05, 0.1) is 18.8 Å². The highest BCUT2D eigenvalue weighted by molar-refractivity contribution is 5.13. The van der Waals surface area contributed by atoms with Gasteiger partial charge in [-0.15, -0.1) is 0 Å². The van der Waals surface area contributed by atoms with E-state index in [9.17, 15) is 0 Å². The highest BCUT2D eigenvalue weighted by Crippen LogP contribution is 2.35. The highest BCUT2D eigenvalue weighted by Gasteiger charge is 2.48. The van der Waals surface area contributed by atoms with Gasteiger partial charge in [0.15, 0.2) is 6.29 Å². The van der Waals surface area contributed by atoms with Crippen molar-refractivity contribution < 1.29 is 18.9 Å². The fourth-order valence-corrected chi connectivity index (χ4v) is 2.77. The van der Waals surface area contributed by atoms with Crippen LogP contribution in [-0.2, 0) is 25.6 Å². The molecule has 4 nitrogen and oxygen atoms in total. The van der Waals surface area contributed by atoms with Crippen molar-refractivity contribution in [1.29, 1.82) is 0 Å². The number of ether oxygens (including phenoxy) is 4. The van der Waals surface area contributed by atoms with Crippen molar-refractivity contribution in [2.75, 3.05) is 7.11 Å². The molecule has 0 radical (unpaired) electrons. The minimum atomic E-state index is -0.235. The molecule has 1 aromatic carbocycles. The zero-order chi connectivity index (χ0) is 13.2. The van der Waals surface area contributed by atoms with Gasteiger partial charge < -0.3 is 18.9 Å². The summed E-state index contributed by atoms with van der Waals surface area (Å²) in [5.74, 6) is 0. The van der Waals surface area contributed by atoms with Crippen molar-refractivity contribution in [3.8, 4) is 0 Å². The van der Waals surface area contributed by atoms with Gasteiger partial charge in [-0.05, 0) is 12.5 Å². The Labute approximate surface area is 113 Å². The molecule has 0 aliphatic carbocycles. The molecule has 3 rings (SSSR count). The molecular formula is C15H20O4. The number of hydrogen-bond acceptors (Lipinski definition) is 4. The van der Waals surface area contributed by atoms with Gasteiger partial charge in [0.2, 0.25) is 0 Å². The Morgan fingerprint density at radius 3 is 2.68 bits per heavy atom. The van der Waals surface area contributed by atoms with Crippen LogP contribution in [0.3, 0.4) is 0 Å². The highest BCUT2D eigenvalue weighted by atomic mass is 16.8. The topological polar surface area (TPSA) is 36.9 Å². The van der Waals surface area contributed by atoms with Gasteiger partial charge in [0, 0.05) is 13.5 Å². The average Bonchev–Trinajstić information content (AvgIpc) is 2.77. The third kappa shape index (κ3) is 2.67. The number of methoxy groups -OCH3 is 1. The Balaban J connectivity index is 1.63. The van der Waals surface area contributed by atoms with E-state index in [0.29, 0.717) is 6.61 Å². The Bertz CT molecular complexity index is 408. The molecule has 104 valence electrons. The van der Waals surface area contributed by atoms with Crippen LogP contribution in [0, 0.1) is 0 Å². The maximum absolute atomic E-state index is 6.02. The summed E-state index contributed by atoms with van der Waals surface area (Å²) in [5, 5.41) is 0. The molecule has 5 atom stereocenters. The normalized spacial score (nSPS) is 37.5. The van der Waals surface area contributed by atoms with Crippen LogP contribution in [0.5, 0.6) is 0 Å². The van der Waals surface area contributed by atoms with E-state index in [2.05, 4.69) is 12.1 Å². The number of rotatable bonds is 4. The summed E-state index contributed by atoms with van der Waals surface area (Å²) < 4.78 is 23.0. The predicted molar refractivity (Wildman–Crippen MR) is 69.6 cm³/mol. The molecule has 2 saturated heterocycles. The minimum absolute atomic E-state index is 0.0140. The summed E-state index contributed by atoms with van der Waals surface area (Å²) in [6.45, 7) is 2.63. The maximum Gasteiger partial charge on any atom is 0.184 e. The first-order valence-corrected chi connectivity index (χ1v) is 6.77. The summed E-state index contributed by atoms with van der Waals surface area (Å²) in [4.78, 5) is 0. The molecule has 2 bridgehead atoms. The predicted octanol–water partition coefficient (Wildman–Crippen LogP) is 2.12. The van der Waals surface area contributed by atoms with Gasteiger partial charge in [-0.1, -0.05) is 30.3 Å². The standard InChI is InChI=1S/C15H20O4/c1-10-14-12(8-13(16-2)15(18-10)19-14)17-9-11-6-4-3-5-7-11/h3-7,10,12-15H,8-9H2,1-2H3/t10-,12-,13+,14+,15+/m0/s1. The minimum Gasteiger partial charge on any atom is -0.376 e. The van der Waals surface area contributed by atoms with Gasteiger partial charge in [-0.2, -0.15) is 0 Å². The third-order valence-electron chi connectivity index (χ3n) is 3.85. The fourth-order valence-electron chi connectivity index (χ4n) is 2.77. The van der Waals surface area contributed by atoms with Crippen LogP contribution in [-0.4, -0.2) is 37.8 Å². The summed E-state index contributed by atoms with van der Waals surface area (Å²) in [5.41, 5.74) is 1.17. The quantitative estimate of drug-likeness (QED) is 0.834. The van der Waals surface area contributed by atoms with Crippen LogP contribution in [0.25, 0.3) is 0 Å². The molecule has 19 heavy (non-hydrogen) atoms. The number of fused-ring (bicyclic) bond motifs is 2. The van der Waals surface area contributed by atoms with E-state index in [-0.39, 0.29) is 30.7 Å². The lowest BCUT2D eigenvalue weighted by Crippen LogP contribution is -2.45. The van der Waals surface area contributed by atoms with Crippen molar-refractivity contribution in [2.24, 2.45) is 0 Å². The SMILES string of the molecule is CO[C@@H]1C[C@H](OCc2ccccc2)[C@@H]2O[C@H]1O[C@H]2C. The van der Waals surface area contributed by atoms with E-state index in [1.54, 1.807) is 7.11 Å². The molecule has 4 heteroatoms. The van der Waals surface area contributed by atoms with Crippen molar-refractivity contribution >= 4 is 0 Å². The number of benzene rings is 1. The monoisotopic (exact) mass is 264 g/mol. The molecule has 0 spiro atoms. The van der Waals surface area contributed by atoms with Gasteiger partial charge in [-0.3, -0.25) is 0 Å². The molecule has 2 aliphatic rings. The lowest BCUT2D eigenvalue weighted by Gasteiger charge is -2.33. The van der Waals surface area contributed by atoms with Crippen LogP contribution >= 0.6 is 0 Å². The smallest absolute Gasteiger partial charge is 0.184 e. The van der Waals surface area contributed by atoms with E-state index < -0.39 is 0 Å². The first kappa shape index (κ1) is 13.1. The lowest BCUT2D eigenvalue weighted by atomic mass is 10.0. The summed E-state index contributed by atoms with van der Waals surface area (Å²) >= 11 is 0. The maximum atomic E-state index is 6.02. The van der Waals surface area contributed by atoms with Gasteiger partial charge in [0.25, 0.3) is 0 Å². The number of hydrogen-bond donors (Lipinski definition) is 0. The molecule has 0 unspecified atom stereocenters. The molecule has 2 fully saturated rings. The molecular weight excluding hydrogens is 244 g/mol. The van der Waals surface area contributed by atoms with Crippen LogP contribution < -0.4 is 0 Å². The Hall–Kier alpha value is -0.940. The second kappa shape index (κ2) is 5.59. The second-order valence-electron chi connectivity index (χ2n) is 5.16. The van der Waals surface area contributed by atoms with Crippen LogP contribution in [0.2, 0.25) is 0 Å². The van der Waals surface area contributed by atoms with Gasteiger partial charge in [-0.25, -0.2) is 0 Å². The van der Waals surface area contributed by atoms with Crippen LogP contribution in [0.15, 0.2) is 30.3 Å². The lowest BCUT2D eigenvalue weighted by molar-refractivity contribution is -0.201. The molecule has 2 heterocycles. The van der Waals surface area contributed by atoms with Crippen molar-refractivity contribution in [2.45, 2.75) is 50.7 Å². The fraction of sp³-hybridized carbons (Fsp3) is 0.600. The zero-order valence-corrected chi connectivity index (χ0v) is 11.3. The molecule has 1 aromatic rings. The van der Waals surface area contributed by atoms with E-state index in [1.807, 2.05) is 25.1 Å². The van der Waals surface area contributed by atoms with Gasteiger partial charge >= 0.3 is 0 Å². The van der Waals surface area contributed by atoms with E-state index in [0.717, 1.165) is 6.42 Å². The third-order valence-corrected chi connectivity index (χ3v) is 3.85. The van der Waals surface area contributed by atoms with Crippen LogP contribution in [0.1, 0.15) is 18.9 Å². The summed E-state index contributed by atoms with van der Waals surface area (Å²) in [7, 11) is 1.69. The first-order valence-electron chi connectivity index (χ1n) is 6.77. The summed E-state index contributed by atoms with van der Waals surface area (Å²) in [6, 6.07) is 10.2. The largest absolute Gasteiger partial charge is 0.376 e.